The van der Waals surface area contributed by atoms with Crippen molar-refractivity contribution in [2.75, 3.05) is 0 Å². The van der Waals surface area contributed by atoms with Gasteiger partial charge in [0.05, 0.1) is 6.04 Å². The molecule has 1 aromatic heterocycles. The van der Waals surface area contributed by atoms with Crippen LogP contribution in [0.25, 0.3) is 0 Å². The van der Waals surface area contributed by atoms with Crippen LogP contribution < -0.4 is 10.6 Å². The molecule has 2 rings (SSSR count). The van der Waals surface area contributed by atoms with E-state index < -0.39 is 0 Å². The van der Waals surface area contributed by atoms with Crippen LogP contribution >= 0.6 is 0 Å². The standard InChI is InChI=1S/C16H19FN2O2/c1-10-4-6-13(8-14(10)17)9-18-16(20)19-12(3)15-7-5-11(2)21-15/h4-8,12H,9H2,1-3H3,(H2,18,19,20). The molecule has 0 fully saturated rings. The molecule has 5 heteroatoms. The maximum Gasteiger partial charge on any atom is 0.315 e. The molecule has 2 N–H and O–H groups in total. The van der Waals surface area contributed by atoms with Crippen molar-refractivity contribution in [3.63, 3.8) is 0 Å². The summed E-state index contributed by atoms with van der Waals surface area (Å²) in [6.07, 6.45) is 0. The van der Waals surface area contributed by atoms with Crippen LogP contribution in [0.5, 0.6) is 0 Å². The number of amides is 2. The molecule has 1 atom stereocenters. The Hall–Kier alpha value is -2.30. The Labute approximate surface area is 123 Å². The Morgan fingerprint density at radius 3 is 2.67 bits per heavy atom. The summed E-state index contributed by atoms with van der Waals surface area (Å²) in [7, 11) is 0. The van der Waals surface area contributed by atoms with Crippen LogP contribution in [0.2, 0.25) is 0 Å². The molecule has 0 aliphatic rings. The second-order valence-electron chi connectivity index (χ2n) is 5.08. The molecule has 0 aliphatic carbocycles. The summed E-state index contributed by atoms with van der Waals surface area (Å²) >= 11 is 0. The van der Waals surface area contributed by atoms with Crippen molar-refractivity contribution in [2.45, 2.75) is 33.4 Å². The molecule has 0 saturated carbocycles. The van der Waals surface area contributed by atoms with E-state index in [2.05, 4.69) is 10.6 Å². The number of rotatable bonds is 4. The van der Waals surface area contributed by atoms with Crippen LogP contribution in [0.4, 0.5) is 9.18 Å². The highest BCUT2D eigenvalue weighted by molar-refractivity contribution is 5.74. The molecule has 0 spiro atoms. The monoisotopic (exact) mass is 290 g/mol. The number of nitrogens with one attached hydrogen (secondary N) is 2. The number of hydrogen-bond donors (Lipinski definition) is 2. The number of hydrogen-bond acceptors (Lipinski definition) is 2. The lowest BCUT2D eigenvalue weighted by atomic mass is 10.1. The Morgan fingerprint density at radius 1 is 1.29 bits per heavy atom. The van der Waals surface area contributed by atoms with Gasteiger partial charge < -0.3 is 15.1 Å². The van der Waals surface area contributed by atoms with Crippen LogP contribution in [0.1, 0.15) is 35.6 Å². The van der Waals surface area contributed by atoms with Crippen molar-refractivity contribution < 1.29 is 13.6 Å². The van der Waals surface area contributed by atoms with Crippen LogP contribution in [0.3, 0.4) is 0 Å². The first-order chi connectivity index (χ1) is 9.95. The third kappa shape index (κ3) is 4.08. The van der Waals surface area contributed by atoms with Crippen molar-refractivity contribution in [2.24, 2.45) is 0 Å². The molecule has 1 aromatic carbocycles. The Kier molecular flexibility index (Phi) is 4.62. The number of furan rings is 1. The molecule has 2 aromatic rings. The van der Waals surface area contributed by atoms with Gasteiger partial charge in [0.1, 0.15) is 17.3 Å². The minimum atomic E-state index is -0.322. The van der Waals surface area contributed by atoms with Crippen LogP contribution in [0, 0.1) is 19.7 Å². The van der Waals surface area contributed by atoms with E-state index in [0.717, 1.165) is 11.3 Å². The third-order valence-electron chi connectivity index (χ3n) is 3.22. The van der Waals surface area contributed by atoms with Gasteiger partial charge in [-0.15, -0.1) is 0 Å². The second kappa shape index (κ2) is 6.43. The van der Waals surface area contributed by atoms with E-state index in [9.17, 15) is 9.18 Å². The van der Waals surface area contributed by atoms with Gasteiger partial charge in [-0.1, -0.05) is 12.1 Å². The minimum absolute atomic E-state index is 0.228. The maximum absolute atomic E-state index is 13.4. The molecule has 0 saturated heterocycles. The molecule has 1 heterocycles. The molecule has 0 bridgehead atoms. The predicted molar refractivity (Wildman–Crippen MR) is 78.4 cm³/mol. The lowest BCUT2D eigenvalue weighted by molar-refractivity contribution is 0.235. The summed E-state index contributed by atoms with van der Waals surface area (Å²) in [5.74, 6) is 1.23. The Bertz CT molecular complexity index is 637. The van der Waals surface area contributed by atoms with E-state index in [-0.39, 0.29) is 24.4 Å². The number of carbonyl (C=O) groups is 1. The van der Waals surface area contributed by atoms with Gasteiger partial charge in [-0.2, -0.15) is 0 Å². The summed E-state index contributed by atoms with van der Waals surface area (Å²) < 4.78 is 18.8. The third-order valence-corrected chi connectivity index (χ3v) is 3.22. The molecular weight excluding hydrogens is 271 g/mol. The first-order valence-corrected chi connectivity index (χ1v) is 6.81. The number of carbonyl (C=O) groups excluding carboxylic acids is 1. The van der Waals surface area contributed by atoms with Crippen molar-refractivity contribution >= 4 is 6.03 Å². The molecule has 1 unspecified atom stereocenters. The fraction of sp³-hybridized carbons (Fsp3) is 0.312. The van der Waals surface area contributed by atoms with Gasteiger partial charge in [0, 0.05) is 6.54 Å². The van der Waals surface area contributed by atoms with E-state index >= 15 is 0 Å². The van der Waals surface area contributed by atoms with Crippen molar-refractivity contribution in [3.05, 3.63) is 58.8 Å². The summed E-state index contributed by atoms with van der Waals surface area (Å²) in [6.45, 7) is 5.66. The normalized spacial score (nSPS) is 12.0. The SMILES string of the molecule is Cc1ccc(C(C)NC(=O)NCc2ccc(C)c(F)c2)o1. The van der Waals surface area contributed by atoms with E-state index in [4.69, 9.17) is 4.42 Å². The second-order valence-corrected chi connectivity index (χ2v) is 5.08. The largest absolute Gasteiger partial charge is 0.464 e. The number of halogens is 1. The summed E-state index contributed by atoms with van der Waals surface area (Å²) in [6, 6.07) is 8.03. The van der Waals surface area contributed by atoms with E-state index in [1.807, 2.05) is 26.0 Å². The lowest BCUT2D eigenvalue weighted by Crippen LogP contribution is -2.36. The van der Waals surface area contributed by atoms with E-state index in [1.165, 1.54) is 6.07 Å². The number of benzene rings is 1. The van der Waals surface area contributed by atoms with Gasteiger partial charge in [0.15, 0.2) is 0 Å². The zero-order chi connectivity index (χ0) is 15.4. The lowest BCUT2D eigenvalue weighted by Gasteiger charge is -2.13. The fourth-order valence-corrected chi connectivity index (χ4v) is 1.93. The molecule has 21 heavy (non-hydrogen) atoms. The molecule has 2 amide bonds. The molecule has 0 radical (unpaired) electrons. The predicted octanol–water partition coefficient (Wildman–Crippen LogP) is 3.60. The van der Waals surface area contributed by atoms with Crippen LogP contribution in [-0.2, 0) is 6.54 Å². The number of aryl methyl sites for hydroxylation is 2. The first kappa shape index (κ1) is 15.1. The minimum Gasteiger partial charge on any atom is -0.464 e. The maximum atomic E-state index is 13.4. The van der Waals surface area contributed by atoms with Gasteiger partial charge >= 0.3 is 6.03 Å². The van der Waals surface area contributed by atoms with Gasteiger partial charge in [0.25, 0.3) is 0 Å². The smallest absolute Gasteiger partial charge is 0.315 e. The fourth-order valence-electron chi connectivity index (χ4n) is 1.93. The topological polar surface area (TPSA) is 54.3 Å². The van der Waals surface area contributed by atoms with E-state index in [0.29, 0.717) is 11.3 Å². The van der Waals surface area contributed by atoms with Crippen molar-refractivity contribution in [1.82, 2.24) is 10.6 Å². The highest BCUT2D eigenvalue weighted by Gasteiger charge is 2.12. The molecule has 0 aliphatic heterocycles. The molecular formula is C16H19FN2O2. The van der Waals surface area contributed by atoms with Gasteiger partial charge in [-0.05, 0) is 50.1 Å². The first-order valence-electron chi connectivity index (χ1n) is 6.81. The van der Waals surface area contributed by atoms with Gasteiger partial charge in [-0.25, -0.2) is 9.18 Å². The summed E-state index contributed by atoms with van der Waals surface area (Å²) in [5.41, 5.74) is 1.31. The summed E-state index contributed by atoms with van der Waals surface area (Å²) in [5, 5.41) is 5.46. The summed E-state index contributed by atoms with van der Waals surface area (Å²) in [4.78, 5) is 11.8. The quantitative estimate of drug-likeness (QED) is 0.904. The molecule has 112 valence electrons. The number of urea groups is 1. The zero-order valence-corrected chi connectivity index (χ0v) is 12.4. The zero-order valence-electron chi connectivity index (χ0n) is 12.4. The highest BCUT2D eigenvalue weighted by atomic mass is 19.1. The molecule has 4 nitrogen and oxygen atoms in total. The van der Waals surface area contributed by atoms with E-state index in [1.54, 1.807) is 19.1 Å². The van der Waals surface area contributed by atoms with Crippen LogP contribution in [0.15, 0.2) is 34.7 Å². The average Bonchev–Trinajstić information content (AvgIpc) is 2.87. The average molecular weight is 290 g/mol. The van der Waals surface area contributed by atoms with Gasteiger partial charge in [0.2, 0.25) is 0 Å². The van der Waals surface area contributed by atoms with Gasteiger partial charge in [-0.3, -0.25) is 0 Å². The van der Waals surface area contributed by atoms with Crippen molar-refractivity contribution in [3.8, 4) is 0 Å². The Balaban J connectivity index is 1.85. The van der Waals surface area contributed by atoms with Crippen LogP contribution in [-0.4, -0.2) is 6.03 Å². The Morgan fingerprint density at radius 2 is 2.05 bits per heavy atom. The highest BCUT2D eigenvalue weighted by Crippen LogP contribution is 2.15. The van der Waals surface area contributed by atoms with Crippen molar-refractivity contribution in [1.29, 1.82) is 0 Å².